The van der Waals surface area contributed by atoms with Gasteiger partial charge in [-0.3, -0.25) is 0 Å². The van der Waals surface area contributed by atoms with Crippen LogP contribution in [0, 0.1) is 6.92 Å². The Bertz CT molecular complexity index is 797. The second-order valence-electron chi connectivity index (χ2n) is 6.71. The predicted octanol–water partition coefficient (Wildman–Crippen LogP) is 1.33. The fourth-order valence-corrected chi connectivity index (χ4v) is 4.85. The summed E-state index contributed by atoms with van der Waals surface area (Å²) in [4.78, 5) is 46.9. The van der Waals surface area contributed by atoms with Gasteiger partial charge in [0.1, 0.15) is 0 Å². The van der Waals surface area contributed by atoms with Crippen LogP contribution in [0.1, 0.15) is 36.7 Å². The van der Waals surface area contributed by atoms with E-state index in [9.17, 15) is 19.2 Å². The van der Waals surface area contributed by atoms with E-state index in [0.717, 1.165) is 19.4 Å². The molecule has 1 aliphatic rings. The molecular weight excluding hydrogens is 466 g/mol. The van der Waals surface area contributed by atoms with Crippen LogP contribution in [0.15, 0.2) is 24.3 Å². The molecule has 1 aromatic rings. The molecule has 2 rings (SSSR count). The molecule has 10 heteroatoms. The van der Waals surface area contributed by atoms with E-state index in [1.807, 2.05) is 6.92 Å². The number of halogens is 1. The van der Waals surface area contributed by atoms with E-state index in [2.05, 4.69) is 0 Å². The Kier molecular flexibility index (Phi) is 8.52. The minimum atomic E-state index is -1.92. The Balaban J connectivity index is 2.27. The molecule has 8 nitrogen and oxygen atoms in total. The summed E-state index contributed by atoms with van der Waals surface area (Å²) in [6.07, 6.45) is -5.85. The van der Waals surface area contributed by atoms with E-state index in [4.69, 9.17) is 18.9 Å². The zero-order valence-corrected chi connectivity index (χ0v) is 18.7. The normalized spacial score (nSPS) is 25.8. The van der Waals surface area contributed by atoms with Gasteiger partial charge in [0.05, 0.1) is 0 Å². The monoisotopic (exact) mass is 490 g/mol. The van der Waals surface area contributed by atoms with Crippen LogP contribution < -0.4 is 0 Å². The Morgan fingerprint density at radius 2 is 1.53 bits per heavy atom. The van der Waals surface area contributed by atoms with Crippen molar-refractivity contribution in [1.29, 1.82) is 0 Å². The Morgan fingerprint density at radius 3 is 2.07 bits per heavy atom. The van der Waals surface area contributed by atoms with Crippen molar-refractivity contribution < 1.29 is 42.5 Å². The summed E-state index contributed by atoms with van der Waals surface area (Å²) in [5.41, 5.74) is 1.37. The summed E-state index contributed by atoms with van der Waals surface area (Å²) in [5.74, 6) is -2.16. The van der Waals surface area contributed by atoms with Crippen molar-refractivity contribution in [2.45, 2.75) is 57.2 Å². The van der Waals surface area contributed by atoms with E-state index in [1.165, 1.54) is 6.92 Å². The predicted molar refractivity (Wildman–Crippen MR) is 103 cm³/mol. The summed E-state index contributed by atoms with van der Waals surface area (Å²) in [6.45, 7) is 4.89. The number of aryl methyl sites for hydroxylation is 1. The summed E-state index contributed by atoms with van der Waals surface area (Å²) in [5, 5.41) is -1.23. The van der Waals surface area contributed by atoms with Crippen LogP contribution in [0.25, 0.3) is 0 Å². The average molecular weight is 489 g/mol. The number of esters is 3. The molecule has 0 radical (unpaired) electrons. The average Bonchev–Trinajstić information content (AvgIpc) is 2.65. The van der Waals surface area contributed by atoms with Crippen molar-refractivity contribution in [1.82, 2.24) is 0 Å². The van der Waals surface area contributed by atoms with Crippen LogP contribution in [-0.4, -0.2) is 73.6 Å². The zero-order chi connectivity index (χ0) is 22.4. The van der Waals surface area contributed by atoms with Crippen LogP contribution in [0.2, 0.25) is 0 Å². The Hall–Kier alpha value is -2.29. The van der Waals surface area contributed by atoms with Crippen LogP contribution in [0.4, 0.5) is 4.39 Å². The molecule has 1 saturated heterocycles. The number of rotatable bonds is 7. The molecule has 30 heavy (non-hydrogen) atoms. The van der Waals surface area contributed by atoms with Crippen molar-refractivity contribution in [3.05, 3.63) is 35.4 Å². The summed E-state index contributed by atoms with van der Waals surface area (Å²) >= 11 is -1.03. The van der Waals surface area contributed by atoms with Gasteiger partial charge in [0, 0.05) is 0 Å². The fourth-order valence-electron chi connectivity index (χ4n) is 2.82. The first-order valence-corrected chi connectivity index (χ1v) is 11.0. The second-order valence-corrected chi connectivity index (χ2v) is 8.96. The second kappa shape index (κ2) is 10.7. The molecule has 1 fully saturated rings. The van der Waals surface area contributed by atoms with Gasteiger partial charge in [0.25, 0.3) is 0 Å². The van der Waals surface area contributed by atoms with Crippen LogP contribution >= 0.6 is 0 Å². The van der Waals surface area contributed by atoms with Crippen molar-refractivity contribution in [2.24, 2.45) is 0 Å². The van der Waals surface area contributed by atoms with E-state index >= 15 is 4.39 Å². The number of ether oxygens (including phenoxy) is 4. The topological polar surface area (TPSA) is 105 Å². The standard InChI is InChI=1S/C20H23FO8Se/c1-10-5-7-14(8-6-10)19(25)30-20-16(21)18(28-13(4)24)17(27-12(3)23)15(29-20)9-26-11(2)22/h5-8,15-18,20H,9H2,1-4H3/t15-,16-,17+,18-,20+/m1/s1. The van der Waals surface area contributed by atoms with Gasteiger partial charge in [0.2, 0.25) is 0 Å². The molecule has 5 atom stereocenters. The van der Waals surface area contributed by atoms with Gasteiger partial charge in [-0.15, -0.1) is 0 Å². The molecule has 0 unspecified atom stereocenters. The number of benzene rings is 1. The summed E-state index contributed by atoms with van der Waals surface area (Å²) in [7, 11) is 0. The van der Waals surface area contributed by atoms with Crippen LogP contribution in [-0.2, 0) is 33.3 Å². The third kappa shape index (κ3) is 6.62. The molecule has 0 saturated carbocycles. The van der Waals surface area contributed by atoms with E-state index in [-0.39, 0.29) is 11.3 Å². The number of carbonyl (C=O) groups is 4. The van der Waals surface area contributed by atoms with Gasteiger partial charge in [-0.2, -0.15) is 0 Å². The molecule has 0 amide bonds. The quantitative estimate of drug-likeness (QED) is 0.321. The summed E-state index contributed by atoms with van der Waals surface area (Å²) < 4.78 is 35.7. The summed E-state index contributed by atoms with van der Waals surface area (Å²) in [6, 6.07) is 6.80. The number of alkyl halides is 1. The number of hydrogen-bond acceptors (Lipinski definition) is 8. The third-order valence-corrected chi connectivity index (χ3v) is 6.35. The Labute approximate surface area is 179 Å². The van der Waals surface area contributed by atoms with Crippen molar-refractivity contribution >= 4 is 37.5 Å². The van der Waals surface area contributed by atoms with Gasteiger partial charge in [-0.05, 0) is 0 Å². The number of hydrogen-bond donors (Lipinski definition) is 0. The first kappa shape index (κ1) is 24.0. The molecule has 0 bridgehead atoms. The molecule has 1 heterocycles. The van der Waals surface area contributed by atoms with Crippen LogP contribution in [0.5, 0.6) is 0 Å². The maximum absolute atomic E-state index is 15.2. The van der Waals surface area contributed by atoms with Crippen LogP contribution in [0.3, 0.4) is 0 Å². The SMILES string of the molecule is CC(=O)OC[C@H]1O[C@@H]([Se]C(=O)c2ccc(C)cc2)[C@H](F)[C@@H](OC(C)=O)[C@H]1OC(C)=O. The van der Waals surface area contributed by atoms with E-state index in [0.29, 0.717) is 5.56 Å². The Morgan fingerprint density at radius 1 is 0.967 bits per heavy atom. The van der Waals surface area contributed by atoms with Crippen molar-refractivity contribution in [3.8, 4) is 0 Å². The van der Waals surface area contributed by atoms with Gasteiger partial charge in [0.15, 0.2) is 0 Å². The minimum absolute atomic E-state index is 0.311. The van der Waals surface area contributed by atoms with Crippen molar-refractivity contribution in [3.63, 3.8) is 0 Å². The zero-order valence-electron chi connectivity index (χ0n) is 17.0. The number of carbonyl (C=O) groups excluding carboxylic acids is 4. The molecule has 164 valence electrons. The van der Waals surface area contributed by atoms with Gasteiger partial charge < -0.3 is 0 Å². The molecule has 0 spiro atoms. The van der Waals surface area contributed by atoms with Crippen molar-refractivity contribution in [2.75, 3.05) is 6.61 Å². The van der Waals surface area contributed by atoms with E-state index in [1.54, 1.807) is 24.3 Å². The molecular formula is C20H23FO8Se. The molecule has 0 aliphatic carbocycles. The van der Waals surface area contributed by atoms with Gasteiger partial charge in [-0.1, -0.05) is 0 Å². The fraction of sp³-hybridized carbons (Fsp3) is 0.500. The molecule has 0 aromatic heterocycles. The molecule has 0 N–H and O–H groups in total. The first-order valence-electron chi connectivity index (χ1n) is 9.13. The first-order chi connectivity index (χ1) is 14.1. The molecule has 1 aromatic carbocycles. The molecule has 1 aliphatic heterocycles. The maximum atomic E-state index is 15.2. The van der Waals surface area contributed by atoms with Gasteiger partial charge in [-0.25, -0.2) is 0 Å². The third-order valence-electron chi connectivity index (χ3n) is 4.14. The van der Waals surface area contributed by atoms with E-state index < -0.39 is 62.4 Å². The van der Waals surface area contributed by atoms with Gasteiger partial charge >= 0.3 is 179 Å².